The molecular formula is C14H29NS. The van der Waals surface area contributed by atoms with Gasteiger partial charge in [0.1, 0.15) is 0 Å². The van der Waals surface area contributed by atoms with Gasteiger partial charge in [0.05, 0.1) is 0 Å². The first-order chi connectivity index (χ1) is 7.63. The highest BCUT2D eigenvalue weighted by Gasteiger charge is 2.21. The van der Waals surface area contributed by atoms with Gasteiger partial charge in [0.25, 0.3) is 0 Å². The average Bonchev–Trinajstić information content (AvgIpc) is 2.24. The Hall–Kier alpha value is 0.310. The van der Waals surface area contributed by atoms with Crippen molar-refractivity contribution in [2.45, 2.75) is 64.7 Å². The van der Waals surface area contributed by atoms with Crippen LogP contribution in [0.15, 0.2) is 0 Å². The molecule has 1 fully saturated rings. The minimum absolute atomic E-state index is 0.701. The van der Waals surface area contributed by atoms with E-state index in [0.29, 0.717) is 6.04 Å². The van der Waals surface area contributed by atoms with Crippen molar-refractivity contribution in [3.05, 3.63) is 0 Å². The average molecular weight is 243 g/mol. The van der Waals surface area contributed by atoms with Crippen molar-refractivity contribution in [3.8, 4) is 0 Å². The quantitative estimate of drug-likeness (QED) is 0.758. The lowest BCUT2D eigenvalue weighted by Crippen LogP contribution is -2.36. The summed E-state index contributed by atoms with van der Waals surface area (Å²) < 4.78 is 0. The molecule has 1 N–H and O–H groups in total. The zero-order chi connectivity index (χ0) is 12.0. The molecule has 16 heavy (non-hydrogen) atoms. The van der Waals surface area contributed by atoms with E-state index >= 15 is 0 Å². The molecule has 1 aliphatic carbocycles. The molecule has 0 aliphatic heterocycles. The number of thioether (sulfide) groups is 1. The summed E-state index contributed by atoms with van der Waals surface area (Å²) in [5.74, 6) is 3.01. The lowest BCUT2D eigenvalue weighted by Gasteiger charge is -2.29. The molecule has 1 saturated carbocycles. The number of hydrogen-bond acceptors (Lipinski definition) is 2. The highest BCUT2D eigenvalue weighted by molar-refractivity contribution is 7.99. The Morgan fingerprint density at radius 1 is 1.31 bits per heavy atom. The molecule has 2 heteroatoms. The fraction of sp³-hybridized carbons (Fsp3) is 1.00. The third-order valence-electron chi connectivity index (χ3n) is 3.67. The van der Waals surface area contributed by atoms with E-state index < -0.39 is 0 Å². The summed E-state index contributed by atoms with van der Waals surface area (Å²) in [6.45, 7) is 10.4. The maximum absolute atomic E-state index is 3.61. The molecule has 0 aromatic rings. The van der Waals surface area contributed by atoms with E-state index in [1.807, 2.05) is 0 Å². The smallest absolute Gasteiger partial charge is 0.0181 e. The van der Waals surface area contributed by atoms with Crippen LogP contribution in [0.1, 0.15) is 53.4 Å². The van der Waals surface area contributed by atoms with Crippen LogP contribution in [0.25, 0.3) is 0 Å². The van der Waals surface area contributed by atoms with Gasteiger partial charge in [-0.05, 0) is 31.2 Å². The molecule has 0 heterocycles. The van der Waals surface area contributed by atoms with E-state index in [-0.39, 0.29) is 0 Å². The predicted octanol–water partition coefficient (Wildman–Crippen LogP) is 3.93. The van der Waals surface area contributed by atoms with Crippen LogP contribution in [-0.2, 0) is 0 Å². The van der Waals surface area contributed by atoms with E-state index in [1.165, 1.54) is 31.4 Å². The van der Waals surface area contributed by atoms with Crippen LogP contribution < -0.4 is 5.32 Å². The van der Waals surface area contributed by atoms with Crippen LogP contribution in [-0.4, -0.2) is 23.6 Å². The summed E-state index contributed by atoms with van der Waals surface area (Å²) in [6, 6.07) is 0.701. The lowest BCUT2D eigenvalue weighted by atomic mass is 9.91. The summed E-state index contributed by atoms with van der Waals surface area (Å²) in [5.41, 5.74) is 0. The van der Waals surface area contributed by atoms with Gasteiger partial charge in [-0.25, -0.2) is 0 Å². The molecule has 0 spiro atoms. The standard InChI is InChI=1S/C14H29NS/c1-5-15-14(11(2)3)10-16-13-8-6-7-12(4)9-13/h11-15H,5-10H2,1-4H3. The van der Waals surface area contributed by atoms with Gasteiger partial charge in [-0.1, -0.05) is 40.5 Å². The molecule has 0 radical (unpaired) electrons. The van der Waals surface area contributed by atoms with Gasteiger partial charge in [0.15, 0.2) is 0 Å². The normalized spacial score (nSPS) is 28.3. The van der Waals surface area contributed by atoms with E-state index in [1.54, 1.807) is 0 Å². The van der Waals surface area contributed by atoms with Crippen molar-refractivity contribution >= 4 is 11.8 Å². The first-order valence-electron chi connectivity index (χ1n) is 6.98. The molecule has 3 unspecified atom stereocenters. The second-order valence-electron chi connectivity index (χ2n) is 5.64. The van der Waals surface area contributed by atoms with Gasteiger partial charge in [-0.3, -0.25) is 0 Å². The highest BCUT2D eigenvalue weighted by Crippen LogP contribution is 2.32. The second-order valence-corrected chi connectivity index (χ2v) is 6.97. The van der Waals surface area contributed by atoms with Gasteiger partial charge < -0.3 is 5.32 Å². The number of hydrogen-bond donors (Lipinski definition) is 1. The Kier molecular flexibility index (Phi) is 6.83. The number of nitrogens with one attached hydrogen (secondary N) is 1. The van der Waals surface area contributed by atoms with Crippen LogP contribution in [0.4, 0.5) is 0 Å². The minimum Gasteiger partial charge on any atom is -0.313 e. The monoisotopic (exact) mass is 243 g/mol. The second kappa shape index (κ2) is 7.60. The zero-order valence-corrected chi connectivity index (χ0v) is 12.3. The molecule has 0 aromatic heterocycles. The molecule has 0 amide bonds. The molecule has 1 nitrogen and oxygen atoms in total. The van der Waals surface area contributed by atoms with Crippen LogP contribution in [0.3, 0.4) is 0 Å². The third kappa shape index (κ3) is 5.09. The molecule has 96 valence electrons. The van der Waals surface area contributed by atoms with Crippen molar-refractivity contribution in [2.24, 2.45) is 11.8 Å². The van der Waals surface area contributed by atoms with Crippen molar-refractivity contribution in [3.63, 3.8) is 0 Å². The van der Waals surface area contributed by atoms with Gasteiger partial charge >= 0.3 is 0 Å². The minimum atomic E-state index is 0.701. The third-order valence-corrected chi connectivity index (χ3v) is 5.12. The molecule has 0 bridgehead atoms. The van der Waals surface area contributed by atoms with Gasteiger partial charge in [-0.2, -0.15) is 11.8 Å². The Morgan fingerprint density at radius 3 is 2.62 bits per heavy atom. The highest BCUT2D eigenvalue weighted by atomic mass is 32.2. The van der Waals surface area contributed by atoms with E-state index in [4.69, 9.17) is 0 Å². The fourth-order valence-corrected chi connectivity index (χ4v) is 4.30. The summed E-state index contributed by atoms with van der Waals surface area (Å²) >= 11 is 2.22. The molecule has 1 rings (SSSR count). The van der Waals surface area contributed by atoms with Crippen molar-refractivity contribution in [1.82, 2.24) is 5.32 Å². The molecule has 3 atom stereocenters. The van der Waals surface area contributed by atoms with Crippen molar-refractivity contribution in [2.75, 3.05) is 12.3 Å². The van der Waals surface area contributed by atoms with Crippen molar-refractivity contribution in [1.29, 1.82) is 0 Å². The summed E-state index contributed by atoms with van der Waals surface area (Å²) in [6.07, 6.45) is 5.80. The maximum Gasteiger partial charge on any atom is 0.0181 e. The Balaban J connectivity index is 2.25. The summed E-state index contributed by atoms with van der Waals surface area (Å²) in [5, 5.41) is 4.55. The Bertz CT molecular complexity index is 182. The van der Waals surface area contributed by atoms with Crippen molar-refractivity contribution < 1.29 is 0 Å². The largest absolute Gasteiger partial charge is 0.313 e. The summed E-state index contributed by atoms with van der Waals surface area (Å²) in [7, 11) is 0. The van der Waals surface area contributed by atoms with Gasteiger partial charge in [0.2, 0.25) is 0 Å². The zero-order valence-electron chi connectivity index (χ0n) is 11.5. The first-order valence-corrected chi connectivity index (χ1v) is 8.03. The van der Waals surface area contributed by atoms with Crippen LogP contribution in [0.2, 0.25) is 0 Å². The van der Waals surface area contributed by atoms with Gasteiger partial charge in [0, 0.05) is 17.0 Å². The Labute approximate surface area is 106 Å². The van der Waals surface area contributed by atoms with E-state index in [2.05, 4.69) is 44.8 Å². The predicted molar refractivity (Wildman–Crippen MR) is 76.2 cm³/mol. The van der Waals surface area contributed by atoms with Crippen LogP contribution in [0.5, 0.6) is 0 Å². The fourth-order valence-electron chi connectivity index (χ4n) is 2.52. The topological polar surface area (TPSA) is 12.0 Å². The molecule has 0 aromatic carbocycles. The van der Waals surface area contributed by atoms with Crippen LogP contribution >= 0.6 is 11.8 Å². The number of rotatable bonds is 6. The SMILES string of the molecule is CCNC(CSC1CCCC(C)C1)C(C)C. The molecule has 0 saturated heterocycles. The Morgan fingerprint density at radius 2 is 2.06 bits per heavy atom. The van der Waals surface area contributed by atoms with Crippen LogP contribution in [0, 0.1) is 11.8 Å². The van der Waals surface area contributed by atoms with E-state index in [9.17, 15) is 0 Å². The lowest BCUT2D eigenvalue weighted by molar-refractivity contribution is 0.392. The summed E-state index contributed by atoms with van der Waals surface area (Å²) in [4.78, 5) is 0. The van der Waals surface area contributed by atoms with E-state index in [0.717, 1.165) is 23.6 Å². The first kappa shape index (κ1) is 14.4. The maximum atomic E-state index is 3.61. The molecule has 1 aliphatic rings. The van der Waals surface area contributed by atoms with Gasteiger partial charge in [-0.15, -0.1) is 0 Å². The molecular weight excluding hydrogens is 214 g/mol.